The molecule has 4 rings (SSSR count). The van der Waals surface area contributed by atoms with Crippen molar-refractivity contribution in [2.24, 2.45) is 0 Å². The molecular weight excluding hydrogens is 251 g/mol. The van der Waals surface area contributed by atoms with E-state index >= 15 is 0 Å². The Labute approximate surface area is 110 Å². The summed E-state index contributed by atoms with van der Waals surface area (Å²) >= 11 is 6.00. The Balaban J connectivity index is 2.02. The molecule has 1 fully saturated rings. The first-order chi connectivity index (χ1) is 8.74. The third-order valence-corrected chi connectivity index (χ3v) is 4.51. The maximum Gasteiger partial charge on any atom is 0.148 e. The van der Waals surface area contributed by atoms with Gasteiger partial charge >= 0.3 is 0 Å². The van der Waals surface area contributed by atoms with Crippen molar-refractivity contribution in [1.82, 2.24) is 9.88 Å². The Kier molecular flexibility index (Phi) is 2.24. The molecule has 1 aromatic heterocycles. The van der Waals surface area contributed by atoms with Crippen molar-refractivity contribution < 1.29 is 4.39 Å². The highest BCUT2D eigenvalue weighted by Crippen LogP contribution is 2.42. The Bertz CT molecular complexity index is 634. The molecule has 94 valence electrons. The number of halogens is 2. The Hall–Kier alpha value is -1.06. The average Bonchev–Trinajstić information content (AvgIpc) is 2.91. The van der Waals surface area contributed by atoms with Crippen LogP contribution in [0.2, 0.25) is 5.02 Å². The lowest BCUT2D eigenvalue weighted by molar-refractivity contribution is 0.244. The largest absolute Gasteiger partial charge is 0.356 e. The van der Waals surface area contributed by atoms with E-state index < -0.39 is 0 Å². The van der Waals surface area contributed by atoms with Crippen LogP contribution in [0.25, 0.3) is 10.9 Å². The van der Waals surface area contributed by atoms with Crippen LogP contribution in [0, 0.1) is 5.82 Å². The molecule has 0 amide bonds. The zero-order valence-corrected chi connectivity index (χ0v) is 10.7. The average molecular weight is 265 g/mol. The predicted molar refractivity (Wildman–Crippen MR) is 70.5 cm³/mol. The minimum atomic E-state index is -0.239. The van der Waals surface area contributed by atoms with Crippen LogP contribution in [0.1, 0.15) is 30.1 Å². The predicted octanol–water partition coefficient (Wildman–Crippen LogP) is 3.65. The lowest BCUT2D eigenvalue weighted by atomic mass is 9.96. The van der Waals surface area contributed by atoms with Crippen molar-refractivity contribution in [3.05, 3.63) is 34.2 Å². The van der Waals surface area contributed by atoms with Crippen molar-refractivity contribution in [2.45, 2.75) is 25.3 Å². The molecule has 18 heavy (non-hydrogen) atoms. The summed E-state index contributed by atoms with van der Waals surface area (Å²) in [5.41, 5.74) is 3.11. The monoisotopic (exact) mass is 264 g/mol. The first-order valence-corrected chi connectivity index (χ1v) is 6.85. The molecule has 0 bridgehead atoms. The highest BCUT2D eigenvalue weighted by Gasteiger charge is 2.34. The number of H-pyrrole nitrogens is 1. The molecule has 1 aromatic carbocycles. The number of nitrogens with zero attached hydrogens (tertiary/aromatic N) is 1. The molecule has 0 spiro atoms. The molecule has 2 nitrogen and oxygen atoms in total. The number of hydrogen-bond donors (Lipinski definition) is 1. The van der Waals surface area contributed by atoms with Crippen LogP contribution in [0.5, 0.6) is 0 Å². The maximum absolute atomic E-state index is 13.9. The molecule has 1 unspecified atom stereocenters. The van der Waals surface area contributed by atoms with Gasteiger partial charge in [-0.3, -0.25) is 4.90 Å². The van der Waals surface area contributed by atoms with Crippen molar-refractivity contribution in [2.75, 3.05) is 13.1 Å². The normalized spacial score (nSPS) is 23.3. The highest BCUT2D eigenvalue weighted by molar-refractivity contribution is 6.31. The first-order valence-electron chi connectivity index (χ1n) is 6.47. The molecule has 1 N–H and O–H groups in total. The van der Waals surface area contributed by atoms with Gasteiger partial charge < -0.3 is 4.98 Å². The summed E-state index contributed by atoms with van der Waals surface area (Å²) in [6.07, 6.45) is 3.39. The number of aromatic nitrogens is 1. The fraction of sp³-hybridized carbons (Fsp3) is 0.429. The molecule has 2 aliphatic heterocycles. The molecule has 2 aliphatic rings. The molecule has 1 atom stereocenters. The Morgan fingerprint density at radius 2 is 2.22 bits per heavy atom. The zero-order valence-electron chi connectivity index (χ0n) is 9.97. The lowest BCUT2D eigenvalue weighted by Crippen LogP contribution is -2.30. The molecule has 0 radical (unpaired) electrons. The summed E-state index contributed by atoms with van der Waals surface area (Å²) in [6.45, 7) is 2.25. The van der Waals surface area contributed by atoms with E-state index in [9.17, 15) is 4.39 Å². The maximum atomic E-state index is 13.9. The van der Waals surface area contributed by atoms with E-state index in [2.05, 4.69) is 9.88 Å². The fourth-order valence-electron chi connectivity index (χ4n) is 3.55. The topological polar surface area (TPSA) is 19.0 Å². The van der Waals surface area contributed by atoms with E-state index in [-0.39, 0.29) is 5.82 Å². The van der Waals surface area contributed by atoms with Gasteiger partial charge in [0.25, 0.3) is 0 Å². The standard InChI is InChI=1S/C14H14ClFN2/c15-8-6-9-13-11(17-14(9)10(16)7-8)3-5-18-4-1-2-12(13)18/h6-7,12,17H,1-5H2. The Morgan fingerprint density at radius 3 is 3.11 bits per heavy atom. The molecule has 3 heterocycles. The fourth-order valence-corrected chi connectivity index (χ4v) is 3.75. The second-order valence-corrected chi connectivity index (χ2v) is 5.71. The van der Waals surface area contributed by atoms with Crippen LogP contribution in [-0.4, -0.2) is 23.0 Å². The van der Waals surface area contributed by atoms with E-state index in [0.717, 1.165) is 18.4 Å². The van der Waals surface area contributed by atoms with Gasteiger partial charge in [-0.05, 0) is 37.1 Å². The minimum absolute atomic E-state index is 0.239. The van der Waals surface area contributed by atoms with Gasteiger partial charge in [-0.25, -0.2) is 4.39 Å². The summed E-state index contributed by atoms with van der Waals surface area (Å²) in [4.78, 5) is 5.77. The summed E-state index contributed by atoms with van der Waals surface area (Å²) in [5.74, 6) is -0.239. The van der Waals surface area contributed by atoms with Crippen LogP contribution in [0.15, 0.2) is 12.1 Å². The molecule has 2 aromatic rings. The van der Waals surface area contributed by atoms with Gasteiger partial charge in [0.1, 0.15) is 5.82 Å². The van der Waals surface area contributed by atoms with Gasteiger partial charge in [0.15, 0.2) is 0 Å². The third kappa shape index (κ3) is 1.38. The molecule has 0 saturated carbocycles. The zero-order chi connectivity index (χ0) is 12.3. The van der Waals surface area contributed by atoms with Gasteiger partial charge in [-0.15, -0.1) is 0 Å². The number of aromatic amines is 1. The van der Waals surface area contributed by atoms with Gasteiger partial charge in [0.05, 0.1) is 5.52 Å². The quantitative estimate of drug-likeness (QED) is 0.770. The molecule has 1 saturated heterocycles. The van der Waals surface area contributed by atoms with Crippen molar-refractivity contribution >= 4 is 22.5 Å². The third-order valence-electron chi connectivity index (χ3n) is 4.29. The molecule has 4 heteroatoms. The molecule has 0 aliphatic carbocycles. The van der Waals surface area contributed by atoms with Gasteiger partial charge in [-0.2, -0.15) is 0 Å². The van der Waals surface area contributed by atoms with Crippen molar-refractivity contribution in [1.29, 1.82) is 0 Å². The first kappa shape index (κ1) is 10.8. The van der Waals surface area contributed by atoms with Crippen LogP contribution < -0.4 is 0 Å². The SMILES string of the molecule is Fc1cc(Cl)cc2c3c([nH]c12)CCN1CCCC31. The number of rotatable bonds is 0. The van der Waals surface area contributed by atoms with Crippen LogP contribution in [0.3, 0.4) is 0 Å². The van der Waals surface area contributed by atoms with Gasteiger partial charge in [0.2, 0.25) is 0 Å². The Morgan fingerprint density at radius 1 is 1.33 bits per heavy atom. The van der Waals surface area contributed by atoms with Crippen molar-refractivity contribution in [3.8, 4) is 0 Å². The molecular formula is C14H14ClFN2. The number of nitrogens with one attached hydrogen (secondary N) is 1. The number of fused-ring (bicyclic) bond motifs is 5. The van der Waals surface area contributed by atoms with Gasteiger partial charge in [0, 0.05) is 35.1 Å². The van der Waals surface area contributed by atoms with Crippen molar-refractivity contribution in [3.63, 3.8) is 0 Å². The van der Waals surface area contributed by atoms with E-state index in [1.54, 1.807) is 0 Å². The highest BCUT2D eigenvalue weighted by atomic mass is 35.5. The second kappa shape index (κ2) is 3.72. The van der Waals surface area contributed by atoms with Crippen LogP contribution in [-0.2, 0) is 6.42 Å². The number of hydrogen-bond acceptors (Lipinski definition) is 1. The van der Waals surface area contributed by atoms with E-state index in [1.807, 2.05) is 6.07 Å². The van der Waals surface area contributed by atoms with Crippen LogP contribution in [0.4, 0.5) is 4.39 Å². The summed E-state index contributed by atoms with van der Waals surface area (Å²) < 4.78 is 13.9. The summed E-state index contributed by atoms with van der Waals surface area (Å²) in [5, 5.41) is 1.46. The minimum Gasteiger partial charge on any atom is -0.356 e. The van der Waals surface area contributed by atoms with Crippen LogP contribution >= 0.6 is 11.6 Å². The smallest absolute Gasteiger partial charge is 0.148 e. The summed E-state index contributed by atoms with van der Waals surface area (Å²) in [6, 6.07) is 3.75. The van der Waals surface area contributed by atoms with E-state index in [4.69, 9.17) is 11.6 Å². The lowest BCUT2D eigenvalue weighted by Gasteiger charge is -2.29. The van der Waals surface area contributed by atoms with Gasteiger partial charge in [-0.1, -0.05) is 11.6 Å². The van der Waals surface area contributed by atoms with E-state index in [1.165, 1.54) is 36.7 Å². The number of benzene rings is 1. The second-order valence-electron chi connectivity index (χ2n) is 5.27. The van der Waals surface area contributed by atoms with E-state index in [0.29, 0.717) is 16.6 Å². The summed E-state index contributed by atoms with van der Waals surface area (Å²) in [7, 11) is 0.